The molecule has 216 valence electrons. The van der Waals surface area contributed by atoms with Gasteiger partial charge in [0.15, 0.2) is 0 Å². The van der Waals surface area contributed by atoms with Gasteiger partial charge in [-0.25, -0.2) is 8.42 Å². The lowest BCUT2D eigenvalue weighted by molar-refractivity contribution is -0.0494. The fourth-order valence-corrected chi connectivity index (χ4v) is 6.93. The van der Waals surface area contributed by atoms with E-state index in [-0.39, 0.29) is 43.5 Å². The number of sulfonamides is 1. The van der Waals surface area contributed by atoms with Crippen molar-refractivity contribution < 1.29 is 21.6 Å². The molecule has 41 heavy (non-hydrogen) atoms. The molecule has 1 aliphatic heterocycles. The molecule has 0 amide bonds. The third-order valence-corrected chi connectivity index (χ3v) is 9.87. The average Bonchev–Trinajstić information content (AvgIpc) is 2.91. The van der Waals surface area contributed by atoms with Crippen LogP contribution < -0.4 is 10.9 Å². The van der Waals surface area contributed by atoms with Crippen molar-refractivity contribution in [1.82, 2.24) is 9.29 Å². The first-order chi connectivity index (χ1) is 19.3. The minimum Gasteiger partial charge on any atom is -0.382 e. The molecule has 4 aromatic rings. The molecule has 1 fully saturated rings. The summed E-state index contributed by atoms with van der Waals surface area (Å²) >= 11 is 15.9. The molecule has 2 heterocycles. The molecule has 6 nitrogen and oxygen atoms in total. The molecule has 0 aliphatic carbocycles. The molecule has 0 spiro atoms. The van der Waals surface area contributed by atoms with Crippen molar-refractivity contribution in [3.05, 3.63) is 108 Å². The first-order valence-electron chi connectivity index (χ1n) is 12.5. The van der Waals surface area contributed by atoms with Crippen LogP contribution in [0.3, 0.4) is 0 Å². The van der Waals surface area contributed by atoms with E-state index >= 15 is 0 Å². The number of H-pyrrole nitrogens is 1. The van der Waals surface area contributed by atoms with E-state index in [1.807, 2.05) is 60.7 Å². The quantitative estimate of drug-likeness (QED) is 0.206. The van der Waals surface area contributed by atoms with Crippen molar-refractivity contribution in [2.75, 3.05) is 18.4 Å². The van der Waals surface area contributed by atoms with E-state index in [2.05, 4.69) is 26.2 Å². The maximum Gasteiger partial charge on any atom is 0.511 e. The van der Waals surface area contributed by atoms with Crippen LogP contribution in [0.4, 0.5) is 18.9 Å². The number of rotatable bonds is 6. The Morgan fingerprint density at radius 3 is 1.95 bits per heavy atom. The minimum atomic E-state index is -5.39. The van der Waals surface area contributed by atoms with Crippen LogP contribution in [0.15, 0.2) is 76.0 Å². The normalized spacial score (nSPS) is 15.5. The standard InChI is InChI=1S/C28H23BrCl2F3N3O3S/c29-23-14-18(26(16-1-5-19(30)6-2-16)17-3-7-20(31)8-4-17)13-22-24(15-25(38)36-27(22)23)35-21-9-11-37(12-10-21)41(39,40)28(32,33)34/h1-8,13-15,21,26H,9-12H2,(H2,35,36,38). The topological polar surface area (TPSA) is 82.3 Å². The van der Waals surface area contributed by atoms with Crippen molar-refractivity contribution in [2.45, 2.75) is 30.3 Å². The number of hydrogen-bond acceptors (Lipinski definition) is 4. The summed E-state index contributed by atoms with van der Waals surface area (Å²) in [5.74, 6) is -0.221. The molecule has 2 N–H and O–H groups in total. The summed E-state index contributed by atoms with van der Waals surface area (Å²) in [6.45, 7) is -0.574. The highest BCUT2D eigenvalue weighted by Gasteiger charge is 2.50. The van der Waals surface area contributed by atoms with Crippen LogP contribution in [-0.2, 0) is 10.0 Å². The van der Waals surface area contributed by atoms with Crippen molar-refractivity contribution >= 4 is 65.7 Å². The maximum absolute atomic E-state index is 13.0. The Balaban J connectivity index is 1.53. The Morgan fingerprint density at radius 1 is 0.902 bits per heavy atom. The SMILES string of the molecule is O=c1cc(NC2CCN(S(=O)(=O)C(F)(F)F)CC2)c2cc(C(c3ccc(Cl)cc3)c3ccc(Cl)cc3)cc(Br)c2[nH]1. The third-order valence-electron chi connectivity index (χ3n) is 7.11. The van der Waals surface area contributed by atoms with Gasteiger partial charge in [-0.2, -0.15) is 17.5 Å². The van der Waals surface area contributed by atoms with Crippen molar-refractivity contribution in [2.24, 2.45) is 0 Å². The van der Waals surface area contributed by atoms with Gasteiger partial charge >= 0.3 is 15.5 Å². The molecular formula is C28H23BrCl2F3N3O3S. The number of fused-ring (bicyclic) bond motifs is 1. The predicted molar refractivity (Wildman–Crippen MR) is 159 cm³/mol. The van der Waals surface area contributed by atoms with Crippen LogP contribution in [0, 0.1) is 0 Å². The van der Waals surface area contributed by atoms with E-state index in [4.69, 9.17) is 23.2 Å². The number of aromatic nitrogens is 1. The average molecular weight is 689 g/mol. The molecule has 0 bridgehead atoms. The molecule has 0 unspecified atom stereocenters. The number of anilines is 1. The summed E-state index contributed by atoms with van der Waals surface area (Å²) < 4.78 is 63.8. The van der Waals surface area contributed by atoms with Gasteiger partial charge in [0.2, 0.25) is 0 Å². The van der Waals surface area contributed by atoms with Crippen LogP contribution in [0.25, 0.3) is 10.9 Å². The van der Waals surface area contributed by atoms with Gasteiger partial charge in [0.05, 0.1) is 5.52 Å². The van der Waals surface area contributed by atoms with Crippen LogP contribution in [0.1, 0.15) is 35.4 Å². The van der Waals surface area contributed by atoms with Crippen molar-refractivity contribution in [3.8, 4) is 0 Å². The van der Waals surface area contributed by atoms with Crippen molar-refractivity contribution in [1.29, 1.82) is 0 Å². The Kier molecular flexibility index (Phi) is 8.46. The zero-order valence-corrected chi connectivity index (χ0v) is 25.1. The third kappa shape index (κ3) is 6.29. The number of benzene rings is 3. The first-order valence-corrected chi connectivity index (χ1v) is 15.5. The molecule has 13 heteroatoms. The molecule has 0 saturated carbocycles. The molecule has 1 aliphatic rings. The van der Waals surface area contributed by atoms with Crippen LogP contribution in [0.2, 0.25) is 10.0 Å². The predicted octanol–water partition coefficient (Wildman–Crippen LogP) is 7.50. The van der Waals surface area contributed by atoms with Gasteiger partial charge in [-0.05, 0) is 81.9 Å². The minimum absolute atomic E-state index is 0.142. The van der Waals surface area contributed by atoms with Gasteiger partial charge in [-0.15, -0.1) is 0 Å². The molecule has 0 atom stereocenters. The second kappa shape index (κ2) is 11.6. The largest absolute Gasteiger partial charge is 0.511 e. The molecule has 5 rings (SSSR count). The summed E-state index contributed by atoms with van der Waals surface area (Å²) in [5, 5.41) is 5.17. The fourth-order valence-electron chi connectivity index (χ4n) is 5.12. The highest BCUT2D eigenvalue weighted by atomic mass is 79.9. The van der Waals surface area contributed by atoms with Gasteiger partial charge in [0, 0.05) is 56.7 Å². The lowest BCUT2D eigenvalue weighted by Crippen LogP contribution is -2.47. The van der Waals surface area contributed by atoms with Gasteiger partial charge in [0.1, 0.15) is 0 Å². The van der Waals surface area contributed by atoms with Gasteiger partial charge in [-0.3, -0.25) is 4.79 Å². The fraction of sp³-hybridized carbons (Fsp3) is 0.250. The van der Waals surface area contributed by atoms with E-state index in [0.717, 1.165) is 16.7 Å². The number of hydrogen-bond donors (Lipinski definition) is 2. The van der Waals surface area contributed by atoms with Gasteiger partial charge < -0.3 is 10.3 Å². The number of aromatic amines is 1. The second-order valence-electron chi connectivity index (χ2n) is 9.78. The van der Waals surface area contributed by atoms with E-state index < -0.39 is 15.5 Å². The highest BCUT2D eigenvalue weighted by Crippen LogP contribution is 2.38. The van der Waals surface area contributed by atoms with Gasteiger partial charge in [-0.1, -0.05) is 47.5 Å². The Bertz CT molecular complexity index is 1700. The number of alkyl halides is 3. The first kappa shape index (κ1) is 29.9. The van der Waals surface area contributed by atoms with Crippen LogP contribution in [-0.4, -0.2) is 42.3 Å². The summed E-state index contributed by atoms with van der Waals surface area (Å²) in [7, 11) is -5.39. The number of piperidine rings is 1. The monoisotopic (exact) mass is 687 g/mol. The molecule has 3 aromatic carbocycles. The number of nitrogens with zero attached hydrogens (tertiary/aromatic N) is 1. The van der Waals surface area contributed by atoms with E-state index in [1.54, 1.807) is 0 Å². The second-order valence-corrected chi connectivity index (χ2v) is 13.4. The lowest BCUT2D eigenvalue weighted by atomic mass is 9.84. The van der Waals surface area contributed by atoms with E-state index in [1.165, 1.54) is 6.07 Å². The Hall–Kier alpha value is -2.57. The summed E-state index contributed by atoms with van der Waals surface area (Å²) in [5.41, 5.74) is -1.82. The van der Waals surface area contributed by atoms with E-state index in [0.29, 0.717) is 35.4 Å². The summed E-state index contributed by atoms with van der Waals surface area (Å²) in [6, 6.07) is 19.9. The summed E-state index contributed by atoms with van der Waals surface area (Å²) in [4.78, 5) is 15.4. The van der Waals surface area contributed by atoms with Crippen LogP contribution >= 0.6 is 39.1 Å². The molecule has 1 saturated heterocycles. The van der Waals surface area contributed by atoms with Crippen molar-refractivity contribution in [3.63, 3.8) is 0 Å². The maximum atomic E-state index is 13.0. The Morgan fingerprint density at radius 2 is 1.44 bits per heavy atom. The van der Waals surface area contributed by atoms with Crippen LogP contribution in [0.5, 0.6) is 0 Å². The molecular weight excluding hydrogens is 666 g/mol. The van der Waals surface area contributed by atoms with E-state index in [9.17, 15) is 26.4 Å². The number of pyridine rings is 1. The molecule has 1 aromatic heterocycles. The Labute approximate surface area is 252 Å². The number of nitrogens with one attached hydrogen (secondary N) is 2. The van der Waals surface area contributed by atoms with Gasteiger partial charge in [0.25, 0.3) is 5.56 Å². The molecule has 0 radical (unpaired) electrons. The highest BCUT2D eigenvalue weighted by molar-refractivity contribution is 9.10. The number of halogens is 6. The smallest absolute Gasteiger partial charge is 0.382 e. The summed E-state index contributed by atoms with van der Waals surface area (Å²) in [6.07, 6.45) is 0.283. The zero-order valence-electron chi connectivity index (χ0n) is 21.2. The zero-order chi connectivity index (χ0) is 29.5. The lowest BCUT2D eigenvalue weighted by Gasteiger charge is -2.32.